The molecule has 2 radical (unpaired) electrons. The minimum Gasteiger partial charge on any atom is -0.394 e. The van der Waals surface area contributed by atoms with Gasteiger partial charge in [0, 0.05) is 19.7 Å². The maximum atomic E-state index is 9.81. The van der Waals surface area contributed by atoms with E-state index in [1.807, 2.05) is 0 Å². The molecule has 0 bridgehead atoms. The van der Waals surface area contributed by atoms with Gasteiger partial charge in [0.05, 0.1) is 0 Å². The SMILES string of the molecule is CC(=O)OC(C)=O.[N]O. The molecule has 1 N–H and O–H groups in total. The maximum absolute atomic E-state index is 9.81. The largest absolute Gasteiger partial charge is 0.394 e. The first-order valence-electron chi connectivity index (χ1n) is 2.02. The van der Waals surface area contributed by atoms with Gasteiger partial charge in [-0.1, -0.05) is 0 Å². The van der Waals surface area contributed by atoms with Crippen LogP contribution in [-0.2, 0) is 14.3 Å². The van der Waals surface area contributed by atoms with Gasteiger partial charge in [-0.05, 0) is 0 Å². The van der Waals surface area contributed by atoms with Gasteiger partial charge in [-0.3, -0.25) is 14.8 Å². The van der Waals surface area contributed by atoms with Crippen molar-refractivity contribution in [3.8, 4) is 0 Å². The second kappa shape index (κ2) is 7.06. The fourth-order valence-corrected chi connectivity index (χ4v) is 0.202. The van der Waals surface area contributed by atoms with Crippen molar-refractivity contribution in [1.29, 1.82) is 0 Å². The summed E-state index contributed by atoms with van der Waals surface area (Å²) in [5, 5.41) is 6.00. The molecule has 0 atom stereocenters. The summed E-state index contributed by atoms with van der Waals surface area (Å²) >= 11 is 0. The van der Waals surface area contributed by atoms with Crippen molar-refractivity contribution >= 4 is 11.9 Å². The summed E-state index contributed by atoms with van der Waals surface area (Å²) in [6.45, 7) is 2.36. The van der Waals surface area contributed by atoms with Crippen molar-refractivity contribution in [3.05, 3.63) is 0 Å². The molecule has 0 aliphatic carbocycles. The third-order valence-corrected chi connectivity index (χ3v) is 0.287. The van der Waals surface area contributed by atoms with E-state index in [4.69, 9.17) is 11.1 Å². The average Bonchev–Trinajstić information content (AvgIpc) is 1.68. The summed E-state index contributed by atoms with van der Waals surface area (Å²) in [6.07, 6.45) is 0. The van der Waals surface area contributed by atoms with Gasteiger partial charge in [-0.15, -0.1) is 0 Å². The van der Waals surface area contributed by atoms with Crippen molar-refractivity contribution in [1.82, 2.24) is 5.90 Å². The second-order valence-electron chi connectivity index (χ2n) is 1.09. The van der Waals surface area contributed by atoms with Crippen LogP contribution in [0.15, 0.2) is 0 Å². The number of hydrogen-bond donors (Lipinski definition) is 1. The van der Waals surface area contributed by atoms with Crippen LogP contribution in [0.4, 0.5) is 0 Å². The van der Waals surface area contributed by atoms with E-state index in [-0.39, 0.29) is 0 Å². The molecule has 5 heteroatoms. The van der Waals surface area contributed by atoms with Gasteiger partial charge in [-0.25, -0.2) is 0 Å². The smallest absolute Gasteiger partial charge is 0.310 e. The fraction of sp³-hybridized carbons (Fsp3) is 0.500. The highest BCUT2D eigenvalue weighted by atomic mass is 16.6. The van der Waals surface area contributed by atoms with Crippen LogP contribution >= 0.6 is 0 Å². The van der Waals surface area contributed by atoms with Crippen LogP contribution in [0.25, 0.3) is 0 Å². The second-order valence-corrected chi connectivity index (χ2v) is 1.09. The molecular formula is C4H7NO4. The van der Waals surface area contributed by atoms with Crippen molar-refractivity contribution in [3.63, 3.8) is 0 Å². The quantitative estimate of drug-likeness (QED) is 0.275. The summed E-state index contributed by atoms with van der Waals surface area (Å²) in [4.78, 5) is 19.6. The van der Waals surface area contributed by atoms with Crippen LogP contribution < -0.4 is 5.90 Å². The molecule has 0 fully saturated rings. The summed E-state index contributed by atoms with van der Waals surface area (Å²) in [5.41, 5.74) is 0. The zero-order valence-electron chi connectivity index (χ0n) is 5.12. The van der Waals surface area contributed by atoms with Crippen LogP contribution in [0.2, 0.25) is 0 Å². The standard InChI is InChI=1S/C4H6O3.HNO/c1-3(5)7-4(2)6;1-2/h1-2H3;2H. The number of esters is 2. The number of hydrogen-bond acceptors (Lipinski definition) is 4. The first-order chi connectivity index (χ1) is 4.13. The van der Waals surface area contributed by atoms with E-state index in [0.29, 0.717) is 0 Å². The van der Waals surface area contributed by atoms with Crippen molar-refractivity contribution in [2.75, 3.05) is 0 Å². The molecule has 0 aliphatic heterocycles. The van der Waals surface area contributed by atoms with E-state index in [0.717, 1.165) is 0 Å². The van der Waals surface area contributed by atoms with Crippen LogP contribution in [0.5, 0.6) is 0 Å². The normalized spacial score (nSPS) is 6.67. The Hall–Kier alpha value is -0.940. The van der Waals surface area contributed by atoms with E-state index in [1.165, 1.54) is 13.8 Å². The van der Waals surface area contributed by atoms with Gasteiger partial charge in [-0.2, -0.15) is 0 Å². The predicted molar refractivity (Wildman–Crippen MR) is 26.4 cm³/mol. The summed E-state index contributed by atoms with van der Waals surface area (Å²) < 4.78 is 3.97. The van der Waals surface area contributed by atoms with E-state index in [9.17, 15) is 9.59 Å². The highest BCUT2D eigenvalue weighted by Gasteiger charge is 1.93. The number of rotatable bonds is 0. The van der Waals surface area contributed by atoms with Gasteiger partial charge >= 0.3 is 11.9 Å². The Bertz CT molecular complexity index is 88.7. The van der Waals surface area contributed by atoms with Crippen LogP contribution in [-0.4, -0.2) is 17.1 Å². The number of ether oxygens (including phenoxy) is 1. The lowest BCUT2D eigenvalue weighted by molar-refractivity contribution is -0.156. The average molecular weight is 133 g/mol. The molecule has 0 aromatic rings. The Balaban J connectivity index is 0. The molecule has 0 amide bonds. The lowest BCUT2D eigenvalue weighted by atomic mass is 10.7. The zero-order chi connectivity index (χ0) is 7.86. The summed E-state index contributed by atoms with van der Waals surface area (Å²) in [5.74, 6) is 4.88. The van der Waals surface area contributed by atoms with Gasteiger partial charge < -0.3 is 4.74 Å². The summed E-state index contributed by atoms with van der Waals surface area (Å²) in [7, 11) is 0. The Labute approximate surface area is 52.4 Å². The number of carbonyl (C=O) groups is 2. The minimum absolute atomic E-state index is 0.562. The predicted octanol–water partition coefficient (Wildman–Crippen LogP) is -0.460. The zero-order valence-corrected chi connectivity index (χ0v) is 5.12. The minimum atomic E-state index is -0.562. The maximum Gasteiger partial charge on any atom is 0.310 e. The van der Waals surface area contributed by atoms with Gasteiger partial charge in [0.15, 0.2) is 0 Å². The molecule has 0 rings (SSSR count). The van der Waals surface area contributed by atoms with Gasteiger partial charge in [0.1, 0.15) is 0 Å². The van der Waals surface area contributed by atoms with Crippen LogP contribution in [0.1, 0.15) is 13.8 Å². The van der Waals surface area contributed by atoms with E-state index in [2.05, 4.69) is 4.74 Å². The van der Waals surface area contributed by atoms with Crippen LogP contribution in [0, 0.1) is 0 Å². The molecule has 0 aromatic carbocycles. The first kappa shape index (κ1) is 10.9. The highest BCUT2D eigenvalue weighted by Crippen LogP contribution is 1.73. The van der Waals surface area contributed by atoms with Gasteiger partial charge in [0.25, 0.3) is 0 Å². The first-order valence-corrected chi connectivity index (χ1v) is 2.02. The summed E-state index contributed by atoms with van der Waals surface area (Å²) in [6, 6.07) is 0. The molecule has 0 heterocycles. The molecule has 0 spiro atoms. The lowest BCUT2D eigenvalue weighted by Gasteiger charge is -1.87. The molecule has 0 saturated carbocycles. The van der Waals surface area contributed by atoms with E-state index >= 15 is 0 Å². The monoisotopic (exact) mass is 133 g/mol. The van der Waals surface area contributed by atoms with Crippen molar-refractivity contribution in [2.24, 2.45) is 0 Å². The molecule has 0 unspecified atom stereocenters. The molecule has 5 nitrogen and oxygen atoms in total. The Morgan fingerprint density at radius 1 is 1.22 bits per heavy atom. The van der Waals surface area contributed by atoms with E-state index in [1.54, 1.807) is 0 Å². The molecule has 0 saturated heterocycles. The van der Waals surface area contributed by atoms with Crippen molar-refractivity contribution in [2.45, 2.75) is 13.8 Å². The highest BCUT2D eigenvalue weighted by molar-refractivity contribution is 5.82. The Morgan fingerprint density at radius 2 is 1.44 bits per heavy atom. The lowest BCUT2D eigenvalue weighted by Crippen LogP contribution is -2.03. The molecular weight excluding hydrogens is 126 g/mol. The third-order valence-electron chi connectivity index (χ3n) is 0.287. The third kappa shape index (κ3) is 19.3. The number of carbonyl (C=O) groups excluding carboxylic acids is 2. The topological polar surface area (TPSA) is 85.9 Å². The molecule has 9 heavy (non-hydrogen) atoms. The molecule has 0 aliphatic rings. The Morgan fingerprint density at radius 3 is 1.44 bits per heavy atom. The van der Waals surface area contributed by atoms with Crippen LogP contribution in [0.3, 0.4) is 0 Å². The molecule has 52 valence electrons. The van der Waals surface area contributed by atoms with Gasteiger partial charge in [0.2, 0.25) is 0 Å². The van der Waals surface area contributed by atoms with Crippen molar-refractivity contribution < 1.29 is 19.5 Å². The molecule has 0 aromatic heterocycles. The Kier molecular flexibility index (Phi) is 8.58. The number of nitrogens with zero attached hydrogens (tertiary/aromatic N) is 1. The van der Waals surface area contributed by atoms with E-state index < -0.39 is 11.9 Å². The fourth-order valence-electron chi connectivity index (χ4n) is 0.202.